The van der Waals surface area contributed by atoms with E-state index in [9.17, 15) is 20.2 Å². The molecule has 0 saturated heterocycles. The fourth-order valence-electron chi connectivity index (χ4n) is 2.09. The Morgan fingerprint density at radius 2 is 1.05 bits per heavy atom. The van der Waals surface area contributed by atoms with Crippen LogP contribution in [-0.4, -0.2) is 41.9 Å². The lowest BCUT2D eigenvalue weighted by Crippen LogP contribution is -2.29. The molecular formula is C20H26N8O4S6. The smallest absolute Gasteiger partial charge is 0.269 e. The molecule has 0 aliphatic carbocycles. The Morgan fingerprint density at radius 1 is 0.763 bits per heavy atom. The number of non-ortho nitro benzene ring substituents is 2. The molecule has 2 rings (SSSR count). The summed E-state index contributed by atoms with van der Waals surface area (Å²) in [6, 6.07) is 12.4. The first-order valence-corrected chi connectivity index (χ1v) is 13.8. The Labute approximate surface area is 249 Å². The van der Waals surface area contributed by atoms with Crippen molar-refractivity contribution in [2.45, 2.75) is 11.5 Å². The van der Waals surface area contributed by atoms with Crippen LogP contribution in [0.2, 0.25) is 0 Å². The summed E-state index contributed by atoms with van der Waals surface area (Å²) in [5.74, 6) is 1.13. The highest BCUT2D eigenvalue weighted by Gasteiger charge is 2.05. The fraction of sp³-hybridized carbons (Fsp3) is 0.200. The van der Waals surface area contributed by atoms with Crippen LogP contribution in [0.5, 0.6) is 0 Å². The second kappa shape index (κ2) is 20.3. The Balaban J connectivity index is 0.000000551. The molecule has 0 unspecified atom stereocenters. The number of amidine groups is 2. The number of nitrogens with one attached hydrogen (secondary N) is 4. The Morgan fingerprint density at radius 3 is 1.26 bits per heavy atom. The van der Waals surface area contributed by atoms with E-state index >= 15 is 0 Å². The quantitative estimate of drug-likeness (QED) is 0.0374. The van der Waals surface area contributed by atoms with Crippen LogP contribution in [0.4, 0.5) is 11.4 Å². The monoisotopic (exact) mass is 634 g/mol. The molecule has 0 atom stereocenters. The summed E-state index contributed by atoms with van der Waals surface area (Å²) >= 11 is 19.4. The third-order valence-corrected chi connectivity index (χ3v) is 5.94. The molecule has 0 radical (unpaired) electrons. The van der Waals surface area contributed by atoms with Crippen molar-refractivity contribution in [3.8, 4) is 0 Å². The third-order valence-electron chi connectivity index (χ3n) is 3.76. The third kappa shape index (κ3) is 19.5. The van der Waals surface area contributed by atoms with Crippen LogP contribution >= 0.6 is 73.2 Å². The number of hydrogen-bond acceptors (Lipinski definition) is 10. The summed E-state index contributed by atoms with van der Waals surface area (Å²) in [6.45, 7) is 1.42. The number of benzene rings is 2. The van der Waals surface area contributed by atoms with Gasteiger partial charge in [-0.25, -0.2) is 0 Å². The fourth-order valence-corrected chi connectivity index (χ4v) is 3.55. The first-order chi connectivity index (χ1) is 17.8. The van der Waals surface area contributed by atoms with Crippen molar-refractivity contribution >= 4 is 104 Å². The lowest BCUT2D eigenvalue weighted by molar-refractivity contribution is -0.385. The number of nitro benzene ring substituents is 2. The number of nitrogens with two attached hydrogens (primary N) is 2. The molecule has 0 spiro atoms. The van der Waals surface area contributed by atoms with Gasteiger partial charge in [0.15, 0.2) is 10.3 Å². The van der Waals surface area contributed by atoms with Crippen molar-refractivity contribution in [3.05, 3.63) is 79.9 Å². The molecule has 206 valence electrons. The normalized spacial score (nSPS) is 9.42. The van der Waals surface area contributed by atoms with Gasteiger partial charge in [-0.2, -0.15) is 0 Å². The van der Waals surface area contributed by atoms with Crippen molar-refractivity contribution in [2.24, 2.45) is 11.5 Å². The van der Waals surface area contributed by atoms with Gasteiger partial charge in [-0.1, -0.05) is 72.2 Å². The molecule has 0 bridgehead atoms. The van der Waals surface area contributed by atoms with E-state index in [0.29, 0.717) is 33.2 Å². The van der Waals surface area contributed by atoms with Gasteiger partial charge in [-0.3, -0.25) is 31.0 Å². The molecule has 8 N–H and O–H groups in total. The highest BCUT2D eigenvalue weighted by Crippen LogP contribution is 2.17. The number of hydrogen-bond donors (Lipinski definition) is 8. The number of nitrogens with zero attached hydrogens (tertiary/aromatic N) is 2. The van der Waals surface area contributed by atoms with Gasteiger partial charge in [0.05, 0.1) is 9.85 Å². The van der Waals surface area contributed by atoms with E-state index in [1.165, 1.54) is 47.8 Å². The zero-order valence-electron chi connectivity index (χ0n) is 19.7. The van der Waals surface area contributed by atoms with Crippen LogP contribution in [0.25, 0.3) is 0 Å². The number of thioether (sulfide) groups is 2. The highest BCUT2D eigenvalue weighted by molar-refractivity contribution is 8.13. The maximum atomic E-state index is 10.3. The zero-order valence-corrected chi connectivity index (χ0v) is 24.7. The van der Waals surface area contributed by atoms with Crippen molar-refractivity contribution in [3.63, 3.8) is 0 Å². The molecule has 0 heterocycles. The van der Waals surface area contributed by atoms with Crippen LogP contribution in [-0.2, 0) is 11.5 Å². The van der Waals surface area contributed by atoms with Crippen molar-refractivity contribution in [1.29, 1.82) is 10.8 Å². The molecule has 0 aliphatic heterocycles. The number of rotatable bonds is 9. The lowest BCUT2D eigenvalue weighted by Gasteiger charge is -2.03. The summed E-state index contributed by atoms with van der Waals surface area (Å²) in [5, 5.41) is 40.4. The molecule has 0 amide bonds. The Bertz CT molecular complexity index is 1020. The molecule has 0 fully saturated rings. The van der Waals surface area contributed by atoms with Crippen molar-refractivity contribution < 1.29 is 9.85 Å². The molecule has 12 nitrogen and oxygen atoms in total. The van der Waals surface area contributed by atoms with E-state index in [1.807, 2.05) is 0 Å². The van der Waals surface area contributed by atoms with E-state index < -0.39 is 9.85 Å². The second-order valence-corrected chi connectivity index (χ2v) is 11.0. The highest BCUT2D eigenvalue weighted by atomic mass is 32.2. The summed E-state index contributed by atoms with van der Waals surface area (Å²) in [5.41, 5.74) is 12.3. The van der Waals surface area contributed by atoms with Gasteiger partial charge in [-0.05, 0) is 11.1 Å². The van der Waals surface area contributed by atoms with Crippen molar-refractivity contribution in [1.82, 2.24) is 10.6 Å². The number of thiol groups is 2. The number of nitro groups is 2. The van der Waals surface area contributed by atoms with Crippen LogP contribution in [0.3, 0.4) is 0 Å². The maximum Gasteiger partial charge on any atom is 0.269 e. The lowest BCUT2D eigenvalue weighted by atomic mass is 10.2. The minimum absolute atomic E-state index is 0.0448. The van der Waals surface area contributed by atoms with E-state index in [-0.39, 0.29) is 21.7 Å². The summed E-state index contributed by atoms with van der Waals surface area (Å²) < 4.78 is 0.985. The van der Waals surface area contributed by atoms with Gasteiger partial charge in [0, 0.05) is 48.9 Å². The molecule has 2 aromatic carbocycles. The van der Waals surface area contributed by atoms with Crippen LogP contribution in [0, 0.1) is 31.0 Å². The SMILES string of the molecule is N=C(N)SCc1ccc([N+](=O)[O-])cc1.N=C(N)SCc1ccc([N+](=O)[O-])cc1.S=C(S)NCCNC(=S)S. The first kappa shape index (κ1) is 35.4. The minimum atomic E-state index is -0.443. The first-order valence-electron chi connectivity index (χ1n) is 10.2. The van der Waals surface area contributed by atoms with Gasteiger partial charge in [0.25, 0.3) is 11.4 Å². The maximum absolute atomic E-state index is 10.3. The van der Waals surface area contributed by atoms with E-state index in [4.69, 9.17) is 22.3 Å². The molecular weight excluding hydrogens is 609 g/mol. The van der Waals surface area contributed by atoms with Crippen LogP contribution < -0.4 is 22.1 Å². The molecule has 38 heavy (non-hydrogen) atoms. The van der Waals surface area contributed by atoms with E-state index in [1.54, 1.807) is 24.3 Å². The zero-order chi connectivity index (χ0) is 29.1. The second-order valence-electron chi connectivity index (χ2n) is 6.62. The number of thiocarbonyl (C=S) groups is 2. The predicted octanol–water partition coefficient (Wildman–Crippen LogP) is 4.04. The average molecular weight is 635 g/mol. The van der Waals surface area contributed by atoms with Gasteiger partial charge in [0.1, 0.15) is 8.64 Å². The average Bonchev–Trinajstić information content (AvgIpc) is 2.85. The summed E-state index contributed by atoms with van der Waals surface area (Å²) in [4.78, 5) is 19.8. The predicted molar refractivity (Wildman–Crippen MR) is 172 cm³/mol. The summed E-state index contributed by atoms with van der Waals surface area (Å²) in [6.07, 6.45) is 0. The largest absolute Gasteiger partial charge is 0.379 e. The topological polar surface area (TPSA) is 210 Å². The summed E-state index contributed by atoms with van der Waals surface area (Å²) in [7, 11) is 0. The molecule has 2 aromatic rings. The van der Waals surface area contributed by atoms with Crippen molar-refractivity contribution in [2.75, 3.05) is 13.1 Å². The van der Waals surface area contributed by atoms with Crippen LogP contribution in [0.15, 0.2) is 48.5 Å². The van der Waals surface area contributed by atoms with E-state index in [0.717, 1.165) is 11.1 Å². The standard InChI is InChI=1S/2C8H9N3O2S.C4H8N2S4/c2*9-8(10)14-5-6-1-3-7(4-2-6)11(12)13;7-3(8)5-1-2-6-4(9)10/h2*1-4H,5H2,(H3,9,10);1-2H2,(H2,5,7,8)(H2,6,9,10). The minimum Gasteiger partial charge on any atom is -0.379 e. The molecule has 0 saturated carbocycles. The Hall–Kier alpha value is -2.64. The van der Waals surface area contributed by atoms with Gasteiger partial charge in [0.2, 0.25) is 0 Å². The van der Waals surface area contributed by atoms with Gasteiger partial charge < -0.3 is 22.1 Å². The molecule has 0 aromatic heterocycles. The molecule has 0 aliphatic rings. The van der Waals surface area contributed by atoms with Crippen LogP contribution in [0.1, 0.15) is 11.1 Å². The van der Waals surface area contributed by atoms with E-state index in [2.05, 4.69) is 60.3 Å². The molecule has 18 heteroatoms. The van der Waals surface area contributed by atoms with Gasteiger partial charge in [-0.15, -0.1) is 25.3 Å². The Kier molecular flexibility index (Phi) is 18.9. The van der Waals surface area contributed by atoms with Gasteiger partial charge >= 0.3 is 0 Å².